The maximum Gasteiger partial charge on any atom is 0.408 e. The molecule has 6 rings (SSSR count). The lowest BCUT2D eigenvalue weighted by Gasteiger charge is -2.39. The highest BCUT2D eigenvalue weighted by atomic mass is 16.5. The molecule has 0 aromatic heterocycles. The van der Waals surface area contributed by atoms with E-state index >= 15 is 0 Å². The van der Waals surface area contributed by atoms with Gasteiger partial charge in [0.05, 0.1) is 12.0 Å². The minimum absolute atomic E-state index is 0.0158. The van der Waals surface area contributed by atoms with Gasteiger partial charge in [-0.3, -0.25) is 14.5 Å². The van der Waals surface area contributed by atoms with Crippen LogP contribution in [0.4, 0.5) is 4.79 Å². The molecule has 2 heterocycles. The lowest BCUT2D eigenvalue weighted by Crippen LogP contribution is -2.63. The van der Waals surface area contributed by atoms with Crippen LogP contribution in [0, 0.1) is 5.92 Å². The number of fused-ring (bicyclic) bond motifs is 3. The van der Waals surface area contributed by atoms with Crippen molar-refractivity contribution < 1.29 is 29.3 Å². The number of nitrogens with one attached hydrogen (secondary N) is 1. The number of ether oxygens (including phenoxy) is 1. The maximum atomic E-state index is 14.1. The van der Waals surface area contributed by atoms with Crippen molar-refractivity contribution in [3.05, 3.63) is 95.6 Å². The molecular weight excluding hydrogens is 534 g/mol. The van der Waals surface area contributed by atoms with Crippen LogP contribution in [0.1, 0.15) is 35.4 Å². The number of amides is 2. The van der Waals surface area contributed by atoms with Gasteiger partial charge in [0.2, 0.25) is 5.91 Å². The molecule has 9 heteroatoms. The van der Waals surface area contributed by atoms with Crippen molar-refractivity contribution in [3.8, 4) is 11.1 Å². The summed E-state index contributed by atoms with van der Waals surface area (Å²) < 4.78 is 5.82. The number of hydrogen-bond acceptors (Lipinski definition) is 6. The maximum absolute atomic E-state index is 14.1. The molecule has 3 atom stereocenters. The Morgan fingerprint density at radius 1 is 0.905 bits per heavy atom. The van der Waals surface area contributed by atoms with Gasteiger partial charge in [-0.2, -0.15) is 0 Å². The number of rotatable bonds is 7. The summed E-state index contributed by atoms with van der Waals surface area (Å²) in [6.07, 6.45) is -1.21. The quantitative estimate of drug-likeness (QED) is 0.399. The number of benzene rings is 3. The Bertz CT molecular complexity index is 1430. The predicted octanol–water partition coefficient (Wildman–Crippen LogP) is 3.46. The standard InChI is InChI=1S/C33H35N3O6/c37-24-16-23(30(38)39)18-36(19-24)31(40)33(14-15-35(21-33)17-22-8-2-1-3-9-22)34-32(41)42-20-29-27-12-6-4-10-25(27)26-11-5-7-13-28(26)29/h1-13,23-24,29,37H,14-21H2,(H,34,41)(H,38,39). The number of carbonyl (C=O) groups excluding carboxylic acids is 2. The highest BCUT2D eigenvalue weighted by Crippen LogP contribution is 2.44. The van der Waals surface area contributed by atoms with Crippen molar-refractivity contribution in [1.29, 1.82) is 0 Å². The number of likely N-dealkylation sites (tertiary alicyclic amines) is 2. The number of carboxylic acids is 1. The third-order valence-electron chi connectivity index (χ3n) is 8.76. The third-order valence-corrected chi connectivity index (χ3v) is 8.76. The molecule has 0 spiro atoms. The SMILES string of the molecule is O=C(NC1(C(=O)N2CC(O)CC(C(=O)O)C2)CCN(Cc2ccccc2)C1)OCC1c2ccccc2-c2ccccc21. The van der Waals surface area contributed by atoms with Crippen molar-refractivity contribution in [1.82, 2.24) is 15.1 Å². The fourth-order valence-electron chi connectivity index (χ4n) is 6.75. The summed E-state index contributed by atoms with van der Waals surface area (Å²) in [4.78, 5) is 42.7. The molecule has 3 unspecified atom stereocenters. The molecule has 0 bridgehead atoms. The van der Waals surface area contributed by atoms with E-state index in [0.29, 0.717) is 19.5 Å². The van der Waals surface area contributed by atoms with Gasteiger partial charge in [0, 0.05) is 38.6 Å². The summed E-state index contributed by atoms with van der Waals surface area (Å²) in [5.74, 6) is -2.44. The molecule has 0 radical (unpaired) electrons. The van der Waals surface area contributed by atoms with Crippen LogP contribution >= 0.6 is 0 Å². The van der Waals surface area contributed by atoms with Crippen LogP contribution in [-0.4, -0.2) is 82.4 Å². The van der Waals surface area contributed by atoms with Gasteiger partial charge in [0.25, 0.3) is 0 Å². The first-order valence-electron chi connectivity index (χ1n) is 14.4. The van der Waals surface area contributed by atoms with Crippen molar-refractivity contribution in [3.63, 3.8) is 0 Å². The van der Waals surface area contributed by atoms with E-state index in [1.807, 2.05) is 66.7 Å². The van der Waals surface area contributed by atoms with Gasteiger partial charge in [-0.25, -0.2) is 4.79 Å². The largest absolute Gasteiger partial charge is 0.481 e. The molecule has 218 valence electrons. The molecule has 1 aliphatic carbocycles. The average Bonchev–Trinajstić information content (AvgIpc) is 3.55. The Morgan fingerprint density at radius 2 is 1.55 bits per heavy atom. The molecule has 3 N–H and O–H groups in total. The zero-order valence-electron chi connectivity index (χ0n) is 23.3. The second-order valence-corrected chi connectivity index (χ2v) is 11.6. The van der Waals surface area contributed by atoms with E-state index in [0.717, 1.165) is 27.8 Å². The van der Waals surface area contributed by atoms with Crippen LogP contribution in [-0.2, 0) is 20.9 Å². The first kappa shape index (κ1) is 27.9. The molecule has 2 amide bonds. The van der Waals surface area contributed by atoms with Crippen molar-refractivity contribution in [2.45, 2.75) is 36.9 Å². The minimum atomic E-state index is -1.31. The first-order valence-corrected chi connectivity index (χ1v) is 14.4. The van der Waals surface area contributed by atoms with E-state index in [1.54, 1.807) is 0 Å². The van der Waals surface area contributed by atoms with Crippen LogP contribution < -0.4 is 5.32 Å². The summed E-state index contributed by atoms with van der Waals surface area (Å²) in [6.45, 7) is 1.52. The molecule has 3 aromatic rings. The molecule has 2 aliphatic heterocycles. The summed E-state index contributed by atoms with van der Waals surface area (Å²) in [5, 5.41) is 22.9. The van der Waals surface area contributed by atoms with Gasteiger partial charge in [-0.05, 0) is 40.7 Å². The third kappa shape index (κ3) is 5.49. The Hall–Kier alpha value is -4.21. The number of piperidine rings is 1. The normalized spacial score (nSPS) is 23.7. The molecular formula is C33H35N3O6. The number of aliphatic hydroxyl groups is 1. The van der Waals surface area contributed by atoms with Crippen LogP contribution in [0.5, 0.6) is 0 Å². The fraction of sp³-hybridized carbons (Fsp3) is 0.364. The van der Waals surface area contributed by atoms with Gasteiger partial charge in [0.1, 0.15) is 12.1 Å². The van der Waals surface area contributed by atoms with Gasteiger partial charge in [-0.15, -0.1) is 0 Å². The van der Waals surface area contributed by atoms with Gasteiger partial charge in [-0.1, -0.05) is 78.9 Å². The van der Waals surface area contributed by atoms with Crippen molar-refractivity contribution in [2.24, 2.45) is 5.92 Å². The highest BCUT2D eigenvalue weighted by Gasteiger charge is 2.50. The topological polar surface area (TPSA) is 119 Å². The van der Waals surface area contributed by atoms with Crippen molar-refractivity contribution >= 4 is 18.0 Å². The Morgan fingerprint density at radius 3 is 2.21 bits per heavy atom. The summed E-state index contributed by atoms with van der Waals surface area (Å²) >= 11 is 0. The lowest BCUT2D eigenvalue weighted by atomic mass is 9.91. The highest BCUT2D eigenvalue weighted by molar-refractivity contribution is 5.91. The van der Waals surface area contributed by atoms with E-state index in [4.69, 9.17) is 4.74 Å². The van der Waals surface area contributed by atoms with Crippen LogP contribution in [0.25, 0.3) is 11.1 Å². The Balaban J connectivity index is 1.20. The van der Waals surface area contributed by atoms with E-state index < -0.39 is 35.5 Å². The number of aliphatic hydroxyl groups excluding tert-OH is 1. The summed E-state index contributed by atoms with van der Waals surface area (Å²) in [5.41, 5.74) is 4.21. The Labute approximate surface area is 244 Å². The second-order valence-electron chi connectivity index (χ2n) is 11.6. The lowest BCUT2D eigenvalue weighted by molar-refractivity contribution is -0.151. The number of β-amino-alcohol motifs (C(OH)–C–C–N with tert-alkyl or cyclic N) is 1. The van der Waals surface area contributed by atoms with E-state index in [9.17, 15) is 24.6 Å². The zero-order valence-corrected chi connectivity index (χ0v) is 23.3. The minimum Gasteiger partial charge on any atom is -0.481 e. The van der Waals surface area contributed by atoms with Crippen molar-refractivity contribution in [2.75, 3.05) is 32.8 Å². The van der Waals surface area contributed by atoms with Gasteiger partial charge in [0.15, 0.2) is 0 Å². The predicted molar refractivity (Wildman–Crippen MR) is 156 cm³/mol. The van der Waals surface area contributed by atoms with E-state index in [-0.39, 0.29) is 38.6 Å². The smallest absolute Gasteiger partial charge is 0.408 e. The molecule has 3 aliphatic rings. The molecule has 2 fully saturated rings. The van der Waals surface area contributed by atoms with Gasteiger partial charge < -0.3 is 25.2 Å². The number of aliphatic carboxylic acids is 1. The van der Waals surface area contributed by atoms with Gasteiger partial charge >= 0.3 is 12.1 Å². The summed E-state index contributed by atoms with van der Waals surface area (Å²) in [7, 11) is 0. The fourth-order valence-corrected chi connectivity index (χ4v) is 6.75. The van der Waals surface area contributed by atoms with E-state index in [1.165, 1.54) is 4.90 Å². The molecule has 2 saturated heterocycles. The number of alkyl carbamates (subject to hydrolysis) is 1. The number of carboxylic acid groups (broad SMARTS) is 1. The van der Waals surface area contributed by atoms with E-state index in [2.05, 4.69) is 22.3 Å². The monoisotopic (exact) mass is 569 g/mol. The number of nitrogens with zero attached hydrogens (tertiary/aromatic N) is 2. The molecule has 0 saturated carbocycles. The first-order chi connectivity index (χ1) is 20.3. The molecule has 42 heavy (non-hydrogen) atoms. The van der Waals surface area contributed by atoms with Crippen LogP contribution in [0.15, 0.2) is 78.9 Å². The van der Waals surface area contributed by atoms with Crippen LogP contribution in [0.2, 0.25) is 0 Å². The molecule has 3 aromatic carbocycles. The van der Waals surface area contributed by atoms with Crippen LogP contribution in [0.3, 0.4) is 0 Å². The average molecular weight is 570 g/mol. The Kier molecular flexibility index (Phi) is 7.70. The summed E-state index contributed by atoms with van der Waals surface area (Å²) in [6, 6.07) is 26.1. The zero-order chi connectivity index (χ0) is 29.3. The number of carbonyl (C=O) groups is 3. The molecule has 9 nitrogen and oxygen atoms in total. The number of hydrogen-bond donors (Lipinski definition) is 3. The second kappa shape index (κ2) is 11.6.